The maximum Gasteiger partial charge on any atom is 0.243 e. The van der Waals surface area contributed by atoms with Gasteiger partial charge in [-0.05, 0) is 30.0 Å². The molecule has 6 heteroatoms. The molecular formula is C14H23ClN2O2S. The molecule has 1 N–H and O–H groups in total. The Bertz CT molecular complexity index is 527. The third kappa shape index (κ3) is 3.34. The fourth-order valence-electron chi connectivity index (χ4n) is 2.10. The first-order valence-electron chi connectivity index (χ1n) is 6.75. The highest BCUT2D eigenvalue weighted by molar-refractivity contribution is 7.89. The van der Waals surface area contributed by atoms with Crippen LogP contribution in [-0.2, 0) is 10.0 Å². The van der Waals surface area contributed by atoms with Gasteiger partial charge in [-0.25, -0.2) is 8.42 Å². The minimum Gasteiger partial charge on any atom is -0.313 e. The summed E-state index contributed by atoms with van der Waals surface area (Å²) in [4.78, 5) is 0.383. The van der Waals surface area contributed by atoms with Crippen molar-refractivity contribution in [1.29, 1.82) is 0 Å². The smallest absolute Gasteiger partial charge is 0.243 e. The number of hydrogen-bond acceptors (Lipinski definition) is 3. The summed E-state index contributed by atoms with van der Waals surface area (Å²) < 4.78 is 26.3. The molecule has 0 amide bonds. The lowest BCUT2D eigenvalue weighted by Crippen LogP contribution is -2.57. The van der Waals surface area contributed by atoms with E-state index in [4.69, 9.17) is 0 Å². The summed E-state index contributed by atoms with van der Waals surface area (Å²) in [7, 11) is -1.70. The molecule has 1 aromatic rings. The van der Waals surface area contributed by atoms with E-state index in [9.17, 15) is 8.42 Å². The van der Waals surface area contributed by atoms with Gasteiger partial charge in [0.2, 0.25) is 10.0 Å². The lowest BCUT2D eigenvalue weighted by molar-refractivity contribution is 0.274. The van der Waals surface area contributed by atoms with E-state index in [0.29, 0.717) is 10.8 Å². The summed E-state index contributed by atoms with van der Waals surface area (Å²) in [6, 6.07) is 7.37. The normalized spacial score (nSPS) is 17.4. The Balaban J connectivity index is 0.00000200. The van der Waals surface area contributed by atoms with Crippen molar-refractivity contribution < 1.29 is 8.42 Å². The highest BCUT2D eigenvalue weighted by Crippen LogP contribution is 2.23. The van der Waals surface area contributed by atoms with E-state index in [1.807, 2.05) is 12.1 Å². The zero-order valence-electron chi connectivity index (χ0n) is 12.2. The quantitative estimate of drug-likeness (QED) is 0.905. The largest absolute Gasteiger partial charge is 0.313 e. The minimum absolute atomic E-state index is 0. The highest BCUT2D eigenvalue weighted by atomic mass is 35.5. The van der Waals surface area contributed by atoms with Gasteiger partial charge in [-0.2, -0.15) is 4.31 Å². The van der Waals surface area contributed by atoms with Crippen molar-refractivity contribution >= 4 is 22.4 Å². The van der Waals surface area contributed by atoms with Gasteiger partial charge in [0.15, 0.2) is 0 Å². The summed E-state index contributed by atoms with van der Waals surface area (Å²) in [5, 5.41) is 3.09. The van der Waals surface area contributed by atoms with Gasteiger partial charge in [0.25, 0.3) is 0 Å². The van der Waals surface area contributed by atoms with Gasteiger partial charge in [0.05, 0.1) is 4.90 Å². The Morgan fingerprint density at radius 1 is 1.30 bits per heavy atom. The van der Waals surface area contributed by atoms with Crippen LogP contribution in [0.25, 0.3) is 0 Å². The third-order valence-electron chi connectivity index (χ3n) is 4.01. The van der Waals surface area contributed by atoms with E-state index in [-0.39, 0.29) is 18.4 Å². The number of nitrogens with zero attached hydrogens (tertiary/aromatic N) is 1. The highest BCUT2D eigenvalue weighted by Gasteiger charge is 2.31. The van der Waals surface area contributed by atoms with Crippen molar-refractivity contribution in [2.45, 2.75) is 37.1 Å². The molecule has 0 bridgehead atoms. The molecule has 1 aliphatic heterocycles. The van der Waals surface area contributed by atoms with Crippen LogP contribution >= 0.6 is 12.4 Å². The Kier molecular flexibility index (Phi) is 6.01. The first kappa shape index (κ1) is 17.4. The fourth-order valence-corrected chi connectivity index (χ4v) is 3.45. The number of hydrogen-bond donors (Lipinski definition) is 1. The lowest BCUT2D eigenvalue weighted by atomic mass is 9.99. The number of nitrogens with one attached hydrogen (secondary N) is 1. The molecule has 2 rings (SSSR count). The molecular weight excluding hydrogens is 296 g/mol. The summed E-state index contributed by atoms with van der Waals surface area (Å²) >= 11 is 0. The van der Waals surface area contributed by atoms with Crippen LogP contribution in [0.15, 0.2) is 29.2 Å². The average Bonchev–Trinajstić information content (AvgIpc) is 2.36. The molecule has 1 heterocycles. The van der Waals surface area contributed by atoms with Crippen LogP contribution in [0.3, 0.4) is 0 Å². The van der Waals surface area contributed by atoms with Crippen LogP contribution < -0.4 is 5.32 Å². The van der Waals surface area contributed by atoms with Crippen molar-refractivity contribution in [3.05, 3.63) is 29.8 Å². The first-order valence-corrected chi connectivity index (χ1v) is 8.19. The van der Waals surface area contributed by atoms with Crippen LogP contribution in [-0.4, -0.2) is 38.9 Å². The zero-order valence-corrected chi connectivity index (χ0v) is 13.8. The summed E-state index contributed by atoms with van der Waals surface area (Å²) in [5.41, 5.74) is 1.19. The topological polar surface area (TPSA) is 49.4 Å². The second-order valence-electron chi connectivity index (χ2n) is 5.21. The van der Waals surface area contributed by atoms with Crippen molar-refractivity contribution in [2.24, 2.45) is 0 Å². The van der Waals surface area contributed by atoms with E-state index in [0.717, 1.165) is 19.5 Å². The molecule has 1 aliphatic rings. The van der Waals surface area contributed by atoms with Gasteiger partial charge in [0.1, 0.15) is 0 Å². The molecule has 0 aromatic heterocycles. The van der Waals surface area contributed by atoms with Crippen molar-refractivity contribution in [3.8, 4) is 0 Å². The van der Waals surface area contributed by atoms with Crippen molar-refractivity contribution in [3.63, 3.8) is 0 Å². The van der Waals surface area contributed by atoms with E-state index < -0.39 is 10.0 Å². The molecule has 4 nitrogen and oxygen atoms in total. The molecule has 1 unspecified atom stereocenters. The van der Waals surface area contributed by atoms with Crippen LogP contribution in [0, 0.1) is 0 Å². The second-order valence-corrected chi connectivity index (χ2v) is 7.21. The molecule has 1 atom stereocenters. The Hall–Kier alpha value is -0.620. The molecule has 1 fully saturated rings. The Morgan fingerprint density at radius 3 is 2.25 bits per heavy atom. The summed E-state index contributed by atoms with van der Waals surface area (Å²) in [6.07, 6.45) is 1.06. The summed E-state index contributed by atoms with van der Waals surface area (Å²) in [5.74, 6) is 0.463. The number of rotatable bonds is 5. The van der Waals surface area contributed by atoms with Gasteiger partial charge in [-0.3, -0.25) is 0 Å². The molecule has 0 spiro atoms. The van der Waals surface area contributed by atoms with E-state index in [2.05, 4.69) is 19.2 Å². The fraction of sp³-hybridized carbons (Fsp3) is 0.571. The first-order chi connectivity index (χ1) is 8.96. The Morgan fingerprint density at radius 2 is 1.85 bits per heavy atom. The predicted molar refractivity (Wildman–Crippen MR) is 84.0 cm³/mol. The molecule has 1 saturated heterocycles. The second kappa shape index (κ2) is 6.89. The minimum atomic E-state index is -3.35. The maximum atomic E-state index is 12.4. The van der Waals surface area contributed by atoms with Crippen LogP contribution in [0.5, 0.6) is 0 Å². The monoisotopic (exact) mass is 318 g/mol. The zero-order chi connectivity index (χ0) is 14.0. The van der Waals surface area contributed by atoms with Crippen LogP contribution in [0.4, 0.5) is 0 Å². The van der Waals surface area contributed by atoms with Crippen LogP contribution in [0.1, 0.15) is 31.7 Å². The average molecular weight is 319 g/mol. The van der Waals surface area contributed by atoms with Gasteiger partial charge in [-0.15, -0.1) is 12.4 Å². The SMILES string of the molecule is CCC(C)c1ccc(S(=O)(=O)N(C)C2CNC2)cc1.Cl. The molecule has 0 saturated carbocycles. The van der Waals surface area contributed by atoms with Gasteiger partial charge >= 0.3 is 0 Å². The number of benzene rings is 1. The van der Waals surface area contributed by atoms with Crippen molar-refractivity contribution in [2.75, 3.05) is 20.1 Å². The lowest BCUT2D eigenvalue weighted by Gasteiger charge is -2.34. The van der Waals surface area contributed by atoms with Gasteiger partial charge < -0.3 is 5.32 Å². The molecule has 0 radical (unpaired) electrons. The Labute approximate surface area is 128 Å². The van der Waals surface area contributed by atoms with Gasteiger partial charge in [-0.1, -0.05) is 26.0 Å². The number of sulfonamides is 1. The third-order valence-corrected chi connectivity index (χ3v) is 5.94. The summed E-state index contributed by atoms with van der Waals surface area (Å²) in [6.45, 7) is 5.75. The number of likely N-dealkylation sites (N-methyl/N-ethyl adjacent to an activating group) is 1. The number of halogens is 1. The van der Waals surface area contributed by atoms with Crippen molar-refractivity contribution in [1.82, 2.24) is 9.62 Å². The molecule has 114 valence electrons. The molecule has 20 heavy (non-hydrogen) atoms. The maximum absolute atomic E-state index is 12.4. The van der Waals surface area contributed by atoms with E-state index in [1.165, 1.54) is 9.87 Å². The molecule has 1 aromatic carbocycles. The molecule has 0 aliphatic carbocycles. The predicted octanol–water partition coefficient (Wildman–Crippen LogP) is 2.21. The van der Waals surface area contributed by atoms with E-state index >= 15 is 0 Å². The standard InChI is InChI=1S/C14H22N2O2S.ClH/c1-4-11(2)12-5-7-14(8-6-12)19(17,18)16(3)13-9-15-10-13;/h5-8,11,13,15H,4,9-10H2,1-3H3;1H. The van der Waals surface area contributed by atoms with Crippen LogP contribution in [0.2, 0.25) is 0 Å². The van der Waals surface area contributed by atoms with E-state index in [1.54, 1.807) is 19.2 Å². The van der Waals surface area contributed by atoms with Gasteiger partial charge in [0, 0.05) is 26.2 Å².